The first-order chi connectivity index (χ1) is 5.83. The van der Waals surface area contributed by atoms with E-state index in [1.54, 1.807) is 18.3 Å². The number of halogens is 1. The van der Waals surface area contributed by atoms with Gasteiger partial charge in [0.1, 0.15) is 5.82 Å². The minimum Gasteiger partial charge on any atom is -0.330 e. The Kier molecular flexibility index (Phi) is 5.84. The molecular formula is C8H12ClN3O. The Morgan fingerprint density at radius 3 is 2.85 bits per heavy atom. The highest BCUT2D eigenvalue weighted by Crippen LogP contribution is 1.99. The largest absolute Gasteiger partial charge is 0.330 e. The standard InChI is InChI=1S/C8H11N3O.ClH/c9-5-4-8(12)11-7-3-1-2-6-10-7;/h1-3,6H,4-5,9H2,(H,10,11,12);1H. The molecule has 3 N–H and O–H groups in total. The predicted octanol–water partition coefficient (Wildman–Crippen LogP) is 0.791. The summed E-state index contributed by atoms with van der Waals surface area (Å²) in [5.41, 5.74) is 5.20. The summed E-state index contributed by atoms with van der Waals surface area (Å²) in [5.74, 6) is 0.465. The summed E-state index contributed by atoms with van der Waals surface area (Å²) in [6.07, 6.45) is 1.95. The molecule has 0 saturated heterocycles. The van der Waals surface area contributed by atoms with Crippen molar-refractivity contribution in [2.24, 2.45) is 5.73 Å². The van der Waals surface area contributed by atoms with Gasteiger partial charge in [0, 0.05) is 19.2 Å². The topological polar surface area (TPSA) is 68.0 Å². The summed E-state index contributed by atoms with van der Waals surface area (Å²) >= 11 is 0. The number of anilines is 1. The van der Waals surface area contributed by atoms with Crippen LogP contribution in [0.25, 0.3) is 0 Å². The zero-order chi connectivity index (χ0) is 8.81. The molecule has 0 bridgehead atoms. The first-order valence-electron chi connectivity index (χ1n) is 3.74. The van der Waals surface area contributed by atoms with E-state index in [1.165, 1.54) is 0 Å². The number of aromatic nitrogens is 1. The van der Waals surface area contributed by atoms with Gasteiger partial charge in [-0.3, -0.25) is 4.79 Å². The molecule has 1 aromatic heterocycles. The highest BCUT2D eigenvalue weighted by molar-refractivity contribution is 5.89. The van der Waals surface area contributed by atoms with E-state index in [0.717, 1.165) is 0 Å². The summed E-state index contributed by atoms with van der Waals surface area (Å²) < 4.78 is 0. The Bertz CT molecular complexity index is 253. The van der Waals surface area contributed by atoms with Gasteiger partial charge < -0.3 is 11.1 Å². The number of rotatable bonds is 3. The van der Waals surface area contributed by atoms with Gasteiger partial charge in [-0.15, -0.1) is 12.4 Å². The smallest absolute Gasteiger partial charge is 0.226 e. The van der Waals surface area contributed by atoms with Gasteiger partial charge in [0.05, 0.1) is 0 Å². The molecule has 4 nitrogen and oxygen atoms in total. The number of hydrogen-bond acceptors (Lipinski definition) is 3. The summed E-state index contributed by atoms with van der Waals surface area (Å²) in [7, 11) is 0. The minimum atomic E-state index is -0.101. The molecule has 5 heteroatoms. The van der Waals surface area contributed by atoms with E-state index < -0.39 is 0 Å². The predicted molar refractivity (Wildman–Crippen MR) is 53.8 cm³/mol. The fraction of sp³-hybridized carbons (Fsp3) is 0.250. The third-order valence-electron chi connectivity index (χ3n) is 1.30. The molecule has 0 aliphatic heterocycles. The van der Waals surface area contributed by atoms with Crippen molar-refractivity contribution in [3.8, 4) is 0 Å². The molecule has 0 aliphatic carbocycles. The average molecular weight is 202 g/mol. The van der Waals surface area contributed by atoms with Gasteiger partial charge in [-0.25, -0.2) is 4.98 Å². The Morgan fingerprint density at radius 1 is 1.54 bits per heavy atom. The fourth-order valence-corrected chi connectivity index (χ4v) is 0.773. The van der Waals surface area contributed by atoms with Crippen LogP contribution in [0.2, 0.25) is 0 Å². The normalized spacial score (nSPS) is 8.69. The molecule has 1 rings (SSSR count). The SMILES string of the molecule is Cl.NCCC(=O)Nc1ccccn1. The van der Waals surface area contributed by atoms with Crippen molar-refractivity contribution in [1.82, 2.24) is 4.98 Å². The molecule has 0 atom stereocenters. The van der Waals surface area contributed by atoms with Crippen molar-refractivity contribution in [2.45, 2.75) is 6.42 Å². The first-order valence-corrected chi connectivity index (χ1v) is 3.74. The van der Waals surface area contributed by atoms with Crippen molar-refractivity contribution >= 4 is 24.1 Å². The molecular weight excluding hydrogens is 190 g/mol. The van der Waals surface area contributed by atoms with Crippen LogP contribution in [0.4, 0.5) is 5.82 Å². The minimum absolute atomic E-state index is 0. The van der Waals surface area contributed by atoms with Crippen LogP contribution in [0.15, 0.2) is 24.4 Å². The number of nitrogens with zero attached hydrogens (tertiary/aromatic N) is 1. The molecule has 0 spiro atoms. The average Bonchev–Trinajstić information content (AvgIpc) is 2.06. The van der Waals surface area contributed by atoms with Gasteiger partial charge in [-0.1, -0.05) is 6.07 Å². The van der Waals surface area contributed by atoms with Gasteiger partial charge in [-0.05, 0) is 12.1 Å². The molecule has 1 amide bonds. The fourth-order valence-electron chi connectivity index (χ4n) is 0.773. The van der Waals surface area contributed by atoms with Gasteiger partial charge in [-0.2, -0.15) is 0 Å². The van der Waals surface area contributed by atoms with E-state index in [0.29, 0.717) is 18.8 Å². The number of nitrogens with one attached hydrogen (secondary N) is 1. The van der Waals surface area contributed by atoms with Gasteiger partial charge >= 0.3 is 0 Å². The van der Waals surface area contributed by atoms with Crippen LogP contribution in [0.3, 0.4) is 0 Å². The Hall–Kier alpha value is -1.13. The zero-order valence-corrected chi connectivity index (χ0v) is 7.88. The van der Waals surface area contributed by atoms with Crippen LogP contribution in [-0.4, -0.2) is 17.4 Å². The quantitative estimate of drug-likeness (QED) is 0.760. The van der Waals surface area contributed by atoms with Crippen LogP contribution < -0.4 is 11.1 Å². The highest BCUT2D eigenvalue weighted by atomic mass is 35.5. The van der Waals surface area contributed by atoms with Crippen LogP contribution in [0, 0.1) is 0 Å². The lowest BCUT2D eigenvalue weighted by Crippen LogP contribution is -2.16. The molecule has 1 aromatic rings. The maximum atomic E-state index is 11.0. The van der Waals surface area contributed by atoms with Crippen LogP contribution in [0.1, 0.15) is 6.42 Å². The van der Waals surface area contributed by atoms with Crippen molar-refractivity contribution in [2.75, 3.05) is 11.9 Å². The third-order valence-corrected chi connectivity index (χ3v) is 1.30. The van der Waals surface area contributed by atoms with E-state index in [-0.39, 0.29) is 18.3 Å². The lowest BCUT2D eigenvalue weighted by Gasteiger charge is -2.01. The third kappa shape index (κ3) is 4.45. The lowest BCUT2D eigenvalue weighted by molar-refractivity contribution is -0.116. The van der Waals surface area contributed by atoms with Crippen molar-refractivity contribution < 1.29 is 4.79 Å². The summed E-state index contributed by atoms with van der Waals surface area (Å²) in [6, 6.07) is 5.33. The van der Waals surface area contributed by atoms with Crippen molar-refractivity contribution in [1.29, 1.82) is 0 Å². The molecule has 0 saturated carbocycles. The maximum Gasteiger partial charge on any atom is 0.226 e. The molecule has 13 heavy (non-hydrogen) atoms. The van der Waals surface area contributed by atoms with E-state index in [4.69, 9.17) is 5.73 Å². The van der Waals surface area contributed by atoms with Crippen molar-refractivity contribution in [3.63, 3.8) is 0 Å². The molecule has 72 valence electrons. The first kappa shape index (κ1) is 11.9. The Balaban J connectivity index is 0.00000144. The maximum absolute atomic E-state index is 11.0. The van der Waals surface area contributed by atoms with Gasteiger partial charge in [0.25, 0.3) is 0 Å². The second-order valence-electron chi connectivity index (χ2n) is 2.30. The number of carbonyl (C=O) groups is 1. The zero-order valence-electron chi connectivity index (χ0n) is 7.06. The molecule has 0 unspecified atom stereocenters. The number of hydrogen-bond donors (Lipinski definition) is 2. The molecule has 1 heterocycles. The van der Waals surface area contributed by atoms with Crippen LogP contribution in [-0.2, 0) is 4.79 Å². The molecule has 0 fully saturated rings. The van der Waals surface area contributed by atoms with E-state index in [1.807, 2.05) is 6.07 Å². The number of nitrogens with two attached hydrogens (primary N) is 1. The summed E-state index contributed by atoms with van der Waals surface area (Å²) in [6.45, 7) is 0.360. The second-order valence-corrected chi connectivity index (χ2v) is 2.30. The number of carbonyl (C=O) groups excluding carboxylic acids is 1. The Morgan fingerprint density at radius 2 is 2.31 bits per heavy atom. The molecule has 0 aliphatic rings. The van der Waals surface area contributed by atoms with Crippen LogP contribution >= 0.6 is 12.4 Å². The number of amides is 1. The monoisotopic (exact) mass is 201 g/mol. The number of pyridine rings is 1. The van der Waals surface area contributed by atoms with E-state index >= 15 is 0 Å². The summed E-state index contributed by atoms with van der Waals surface area (Å²) in [4.78, 5) is 14.9. The lowest BCUT2D eigenvalue weighted by atomic mass is 10.4. The highest BCUT2D eigenvalue weighted by Gasteiger charge is 1.99. The Labute approximate surface area is 83.0 Å². The second kappa shape index (κ2) is 6.39. The van der Waals surface area contributed by atoms with E-state index in [9.17, 15) is 4.79 Å². The van der Waals surface area contributed by atoms with Gasteiger partial charge in [0.2, 0.25) is 5.91 Å². The van der Waals surface area contributed by atoms with Crippen LogP contribution in [0.5, 0.6) is 0 Å². The van der Waals surface area contributed by atoms with E-state index in [2.05, 4.69) is 10.3 Å². The van der Waals surface area contributed by atoms with Crippen molar-refractivity contribution in [3.05, 3.63) is 24.4 Å². The molecule has 0 radical (unpaired) electrons. The van der Waals surface area contributed by atoms with Gasteiger partial charge in [0.15, 0.2) is 0 Å². The molecule has 0 aromatic carbocycles. The summed E-state index contributed by atoms with van der Waals surface area (Å²) in [5, 5.41) is 2.61.